The van der Waals surface area contributed by atoms with Gasteiger partial charge in [0.05, 0.1) is 5.69 Å². The van der Waals surface area contributed by atoms with Crippen LogP contribution < -0.4 is 4.90 Å². The Morgan fingerprint density at radius 2 is 1.95 bits per heavy atom. The lowest BCUT2D eigenvalue weighted by Crippen LogP contribution is -2.49. The summed E-state index contributed by atoms with van der Waals surface area (Å²) in [5.41, 5.74) is 0.600. The molecule has 1 unspecified atom stereocenters. The zero-order chi connectivity index (χ0) is 13.8. The van der Waals surface area contributed by atoms with E-state index in [0.717, 1.165) is 0 Å². The van der Waals surface area contributed by atoms with Gasteiger partial charge in [-0.1, -0.05) is 12.1 Å². The quantitative estimate of drug-likeness (QED) is 0.855. The summed E-state index contributed by atoms with van der Waals surface area (Å²) in [7, 11) is 0. The maximum Gasteiger partial charge on any atom is 0.322 e. The molecule has 1 aromatic rings. The highest BCUT2D eigenvalue weighted by Gasteiger charge is 2.23. The van der Waals surface area contributed by atoms with Crippen molar-refractivity contribution in [3.05, 3.63) is 30.1 Å². The summed E-state index contributed by atoms with van der Waals surface area (Å²) >= 11 is 5.71. The molecule has 1 atom stereocenters. The second-order valence-corrected chi connectivity index (χ2v) is 5.07. The molecule has 1 N–H and O–H groups in total. The highest BCUT2D eigenvalue weighted by atomic mass is 35.5. The average Bonchev–Trinajstić information content (AvgIpc) is 2.40. The van der Waals surface area contributed by atoms with E-state index >= 15 is 0 Å². The van der Waals surface area contributed by atoms with Crippen LogP contribution in [0.3, 0.4) is 0 Å². The van der Waals surface area contributed by atoms with Gasteiger partial charge in [-0.3, -0.25) is 9.69 Å². The van der Waals surface area contributed by atoms with Gasteiger partial charge in [0, 0.05) is 32.7 Å². The Morgan fingerprint density at radius 1 is 1.32 bits per heavy atom. The molecule has 1 aliphatic heterocycles. The number of nitrogens with zero attached hydrogens (tertiary/aromatic N) is 2. The molecule has 0 radical (unpaired) electrons. The predicted molar refractivity (Wildman–Crippen MR) is 72.3 cm³/mol. The summed E-state index contributed by atoms with van der Waals surface area (Å²) in [5.74, 6) is -1.23. The lowest BCUT2D eigenvalue weighted by atomic mass is 10.2. The van der Waals surface area contributed by atoms with Gasteiger partial charge in [0.15, 0.2) is 0 Å². The number of halogens is 2. The van der Waals surface area contributed by atoms with Crippen molar-refractivity contribution in [3.63, 3.8) is 0 Å². The number of carboxylic acids is 1. The summed E-state index contributed by atoms with van der Waals surface area (Å²) in [6.45, 7) is 3.03. The molecule has 0 aliphatic carbocycles. The summed E-state index contributed by atoms with van der Waals surface area (Å²) < 4.78 is 13.6. The molecule has 6 heteroatoms. The topological polar surface area (TPSA) is 43.8 Å². The lowest BCUT2D eigenvalue weighted by molar-refractivity contribution is -0.137. The van der Waals surface area contributed by atoms with E-state index in [9.17, 15) is 9.18 Å². The standard InChI is InChI=1S/C13H16ClFN2O2/c14-10(13(18)19)9-16-5-7-17(8-6-16)12-4-2-1-3-11(12)15/h1-4,10H,5-9H2,(H,18,19). The third kappa shape index (κ3) is 3.58. The van der Waals surface area contributed by atoms with Crippen molar-refractivity contribution in [1.29, 1.82) is 0 Å². The Bertz CT molecular complexity index is 450. The number of hydrogen-bond acceptors (Lipinski definition) is 3. The molecule has 0 spiro atoms. The van der Waals surface area contributed by atoms with Gasteiger partial charge in [-0.15, -0.1) is 11.6 Å². The molecule has 0 saturated carbocycles. The van der Waals surface area contributed by atoms with E-state index in [1.165, 1.54) is 6.07 Å². The minimum atomic E-state index is -1.00. The van der Waals surface area contributed by atoms with Crippen molar-refractivity contribution in [1.82, 2.24) is 4.90 Å². The second kappa shape index (κ2) is 6.21. The number of hydrogen-bond donors (Lipinski definition) is 1. The molecule has 1 heterocycles. The van der Waals surface area contributed by atoms with Gasteiger partial charge in [-0.25, -0.2) is 4.39 Å². The molecule has 1 saturated heterocycles. The first-order valence-corrected chi connectivity index (χ1v) is 6.60. The normalized spacial score (nSPS) is 18.3. The van der Waals surface area contributed by atoms with Crippen molar-refractivity contribution in [2.45, 2.75) is 5.38 Å². The SMILES string of the molecule is O=C(O)C(Cl)CN1CCN(c2ccccc2F)CC1. The van der Waals surface area contributed by atoms with Crippen LogP contribution in [-0.4, -0.2) is 54.1 Å². The van der Waals surface area contributed by atoms with Gasteiger partial charge < -0.3 is 10.0 Å². The van der Waals surface area contributed by atoms with E-state index in [2.05, 4.69) is 0 Å². The summed E-state index contributed by atoms with van der Waals surface area (Å²) in [4.78, 5) is 14.6. The molecule has 4 nitrogen and oxygen atoms in total. The van der Waals surface area contributed by atoms with Gasteiger partial charge in [0.1, 0.15) is 11.2 Å². The van der Waals surface area contributed by atoms with E-state index in [-0.39, 0.29) is 5.82 Å². The number of para-hydroxylation sites is 1. The molecule has 19 heavy (non-hydrogen) atoms. The first kappa shape index (κ1) is 14.1. The third-order valence-electron chi connectivity index (χ3n) is 3.25. The molecule has 0 aromatic heterocycles. The number of carboxylic acid groups (broad SMARTS) is 1. The molecule has 104 valence electrons. The number of carbonyl (C=O) groups is 1. The molecule has 1 fully saturated rings. The number of benzene rings is 1. The zero-order valence-corrected chi connectivity index (χ0v) is 11.2. The van der Waals surface area contributed by atoms with Crippen LogP contribution in [0.2, 0.25) is 0 Å². The van der Waals surface area contributed by atoms with Crippen molar-refractivity contribution < 1.29 is 14.3 Å². The maximum atomic E-state index is 13.6. The fraction of sp³-hybridized carbons (Fsp3) is 0.462. The molecule has 0 bridgehead atoms. The highest BCUT2D eigenvalue weighted by Crippen LogP contribution is 2.20. The monoisotopic (exact) mass is 286 g/mol. The molecular weight excluding hydrogens is 271 g/mol. The van der Waals surface area contributed by atoms with Crippen LogP contribution in [0.15, 0.2) is 24.3 Å². The molecule has 1 aromatic carbocycles. The molecular formula is C13H16ClFN2O2. The molecule has 0 amide bonds. The fourth-order valence-corrected chi connectivity index (χ4v) is 2.38. The van der Waals surface area contributed by atoms with E-state index in [0.29, 0.717) is 38.4 Å². The van der Waals surface area contributed by atoms with Crippen LogP contribution in [0.25, 0.3) is 0 Å². The summed E-state index contributed by atoms with van der Waals surface area (Å²) in [5, 5.41) is 7.87. The average molecular weight is 287 g/mol. The maximum absolute atomic E-state index is 13.6. The van der Waals surface area contributed by atoms with Crippen LogP contribution in [-0.2, 0) is 4.79 Å². The number of anilines is 1. The Kier molecular flexibility index (Phi) is 4.61. The van der Waals surface area contributed by atoms with Gasteiger partial charge in [0.25, 0.3) is 0 Å². The van der Waals surface area contributed by atoms with Gasteiger partial charge in [-0.2, -0.15) is 0 Å². The minimum absolute atomic E-state index is 0.225. The van der Waals surface area contributed by atoms with Gasteiger partial charge in [-0.05, 0) is 12.1 Å². The predicted octanol–water partition coefficient (Wildman–Crippen LogP) is 1.64. The number of alkyl halides is 1. The van der Waals surface area contributed by atoms with Gasteiger partial charge in [0.2, 0.25) is 0 Å². The Balaban J connectivity index is 1.89. The summed E-state index contributed by atoms with van der Waals surface area (Å²) in [6, 6.07) is 6.68. The Morgan fingerprint density at radius 3 is 2.53 bits per heavy atom. The highest BCUT2D eigenvalue weighted by molar-refractivity contribution is 6.29. The minimum Gasteiger partial charge on any atom is -0.480 e. The van der Waals surface area contributed by atoms with Crippen LogP contribution in [0.5, 0.6) is 0 Å². The molecule has 1 aliphatic rings. The van der Waals surface area contributed by atoms with E-state index in [4.69, 9.17) is 16.7 Å². The Hall–Kier alpha value is -1.33. The first-order valence-electron chi connectivity index (χ1n) is 6.16. The smallest absolute Gasteiger partial charge is 0.322 e. The van der Waals surface area contributed by atoms with Crippen molar-refractivity contribution >= 4 is 23.3 Å². The van der Waals surface area contributed by atoms with Crippen molar-refractivity contribution in [2.24, 2.45) is 0 Å². The fourth-order valence-electron chi connectivity index (χ4n) is 2.18. The number of piperazine rings is 1. The van der Waals surface area contributed by atoms with Crippen molar-refractivity contribution in [2.75, 3.05) is 37.6 Å². The largest absolute Gasteiger partial charge is 0.480 e. The molecule has 2 rings (SSSR count). The van der Waals surface area contributed by atoms with Gasteiger partial charge >= 0.3 is 5.97 Å². The number of rotatable bonds is 4. The second-order valence-electron chi connectivity index (χ2n) is 4.54. The van der Waals surface area contributed by atoms with E-state index < -0.39 is 11.3 Å². The summed E-state index contributed by atoms with van der Waals surface area (Å²) in [6.07, 6.45) is 0. The zero-order valence-electron chi connectivity index (χ0n) is 10.4. The van der Waals surface area contributed by atoms with E-state index in [1.54, 1.807) is 12.1 Å². The lowest BCUT2D eigenvalue weighted by Gasteiger charge is -2.36. The van der Waals surface area contributed by atoms with Crippen molar-refractivity contribution in [3.8, 4) is 0 Å². The number of aliphatic carboxylic acids is 1. The van der Waals surface area contributed by atoms with E-state index in [1.807, 2.05) is 15.9 Å². The van der Waals surface area contributed by atoms with Crippen LogP contribution in [0, 0.1) is 5.82 Å². The van der Waals surface area contributed by atoms with Crippen LogP contribution in [0.4, 0.5) is 10.1 Å². The third-order valence-corrected chi connectivity index (χ3v) is 3.58. The van der Waals surface area contributed by atoms with Crippen LogP contribution in [0.1, 0.15) is 0 Å². The Labute approximate surface area is 116 Å². The first-order chi connectivity index (χ1) is 9.08. The van der Waals surface area contributed by atoms with Crippen LogP contribution >= 0.6 is 11.6 Å².